The summed E-state index contributed by atoms with van der Waals surface area (Å²) in [7, 11) is -2.30. The first-order valence-corrected chi connectivity index (χ1v) is 23.6. The number of hydrogen-bond donors (Lipinski definition) is 2. The van der Waals surface area contributed by atoms with Gasteiger partial charge in [0.05, 0.1) is 25.5 Å². The minimum absolute atomic E-state index is 0.0890. The summed E-state index contributed by atoms with van der Waals surface area (Å²) in [5.41, 5.74) is 1.03. The Bertz CT molecular complexity index is 2820. The van der Waals surface area contributed by atoms with E-state index in [-0.39, 0.29) is 37.2 Å². The molecule has 2 aliphatic rings. The Morgan fingerprint density at radius 2 is 1.69 bits per heavy atom. The van der Waals surface area contributed by atoms with Crippen LogP contribution in [0.25, 0.3) is 32.3 Å². The summed E-state index contributed by atoms with van der Waals surface area (Å²) in [6.07, 6.45) is 3.79. The highest BCUT2D eigenvalue weighted by Gasteiger charge is 2.46. The van der Waals surface area contributed by atoms with Crippen molar-refractivity contribution in [2.75, 3.05) is 31.7 Å². The molecule has 0 aliphatic carbocycles. The molecular weight excluding hydrogens is 809 g/mol. The third-order valence-electron chi connectivity index (χ3n) is 12.1. The van der Waals surface area contributed by atoms with Gasteiger partial charge < -0.3 is 38.7 Å². The van der Waals surface area contributed by atoms with Crippen LogP contribution in [0.3, 0.4) is 0 Å². The number of anilines is 2. The lowest BCUT2D eigenvalue weighted by atomic mass is 9.91. The topological polar surface area (TPSA) is 166 Å². The van der Waals surface area contributed by atoms with E-state index in [1.54, 1.807) is 24.4 Å². The van der Waals surface area contributed by atoms with Gasteiger partial charge in [0.2, 0.25) is 0 Å². The molecule has 3 atom stereocenters. The molecule has 5 aromatic carbocycles. The Morgan fingerprint density at radius 1 is 0.935 bits per heavy atom. The highest BCUT2D eigenvalue weighted by molar-refractivity contribution is 6.74. The zero-order chi connectivity index (χ0) is 43.2. The summed E-state index contributed by atoms with van der Waals surface area (Å²) in [6, 6.07) is 24.5. The van der Waals surface area contributed by atoms with Crippen LogP contribution in [0.4, 0.5) is 21.1 Å². The van der Waals surface area contributed by atoms with Gasteiger partial charge in [-0.25, -0.2) is 23.9 Å². The number of carbonyl (C=O) groups excluding carboxylic acids is 2. The first-order valence-electron chi connectivity index (χ1n) is 20.7. The second kappa shape index (κ2) is 16.4. The monoisotopic (exact) mass is 856 g/mol. The summed E-state index contributed by atoms with van der Waals surface area (Å²) in [5, 5.41) is 13.1. The molecule has 320 valence electrons. The van der Waals surface area contributed by atoms with E-state index >= 15 is 0 Å². The van der Waals surface area contributed by atoms with Crippen molar-refractivity contribution in [1.82, 2.24) is 24.4 Å². The SMILES string of the molecule is CC(C)(C)[Si](C)(C)O[C@@H]1C[C@H](n2cc3c(nc2=O)Nc2c(OCCNC(=O)OCCc4ccc5ccc6cccc7ccc4c5c67)cccc2O3)O[C@@H]1COC(=O)n1ccnc1. The van der Waals surface area contributed by atoms with Crippen molar-refractivity contribution in [3.8, 4) is 17.2 Å². The number of benzene rings is 5. The Hall–Kier alpha value is -6.49. The van der Waals surface area contributed by atoms with Crippen LogP contribution in [0.15, 0.2) is 103 Å². The molecule has 0 bridgehead atoms. The molecule has 62 heavy (non-hydrogen) atoms. The minimum atomic E-state index is -2.30. The lowest BCUT2D eigenvalue weighted by molar-refractivity contribution is -0.0469. The lowest BCUT2D eigenvalue weighted by Crippen LogP contribution is -2.46. The predicted octanol–water partition coefficient (Wildman–Crippen LogP) is 8.90. The van der Waals surface area contributed by atoms with Gasteiger partial charge in [-0.1, -0.05) is 81.4 Å². The third kappa shape index (κ3) is 8.03. The third-order valence-corrected chi connectivity index (χ3v) is 16.6. The molecule has 2 aromatic heterocycles. The van der Waals surface area contributed by atoms with Crippen LogP contribution in [-0.2, 0) is 25.1 Å². The van der Waals surface area contributed by atoms with E-state index in [0.717, 1.165) is 10.9 Å². The fraction of sp³-hybridized carbons (Fsp3) is 0.326. The highest BCUT2D eigenvalue weighted by atomic mass is 28.4. The summed E-state index contributed by atoms with van der Waals surface area (Å²) < 4.78 is 39.2. The predicted molar refractivity (Wildman–Crippen MR) is 237 cm³/mol. The molecular formula is C46H48N6O9Si. The van der Waals surface area contributed by atoms with Gasteiger partial charge in [0.15, 0.2) is 25.6 Å². The van der Waals surface area contributed by atoms with Gasteiger partial charge in [-0.05, 0) is 68.1 Å². The van der Waals surface area contributed by atoms with Crippen LogP contribution >= 0.6 is 0 Å². The van der Waals surface area contributed by atoms with Crippen molar-refractivity contribution in [2.45, 2.75) is 70.2 Å². The molecule has 0 radical (unpaired) electrons. The van der Waals surface area contributed by atoms with Crippen molar-refractivity contribution in [3.63, 3.8) is 0 Å². The van der Waals surface area contributed by atoms with Gasteiger partial charge in [0, 0.05) is 25.2 Å². The summed E-state index contributed by atoms with van der Waals surface area (Å²) in [5.74, 6) is 1.42. The lowest BCUT2D eigenvalue weighted by Gasteiger charge is -2.39. The van der Waals surface area contributed by atoms with Crippen molar-refractivity contribution < 1.29 is 37.7 Å². The number of nitrogens with one attached hydrogen (secondary N) is 2. The summed E-state index contributed by atoms with van der Waals surface area (Å²) >= 11 is 0. The average molecular weight is 857 g/mol. The van der Waals surface area contributed by atoms with Crippen LogP contribution < -0.4 is 25.8 Å². The van der Waals surface area contributed by atoms with Crippen LogP contribution in [0, 0.1) is 0 Å². The second-order valence-corrected chi connectivity index (χ2v) is 21.8. The molecule has 2 aliphatic heterocycles. The number of alkyl carbamates (subject to hydrolysis) is 1. The van der Waals surface area contributed by atoms with Gasteiger partial charge in [0.25, 0.3) is 0 Å². The Kier molecular flexibility index (Phi) is 10.8. The maximum atomic E-state index is 13.6. The normalized spacial score (nSPS) is 17.3. The quantitative estimate of drug-likeness (QED) is 0.0682. The first kappa shape index (κ1) is 40.9. The number of imidazole rings is 1. The summed E-state index contributed by atoms with van der Waals surface area (Å²) in [4.78, 5) is 47.1. The fourth-order valence-electron chi connectivity index (χ4n) is 7.83. The molecule has 15 nitrogen and oxygen atoms in total. The molecule has 0 spiro atoms. The number of aromatic nitrogens is 4. The van der Waals surface area contributed by atoms with Gasteiger partial charge in [0.1, 0.15) is 43.3 Å². The van der Waals surface area contributed by atoms with Crippen molar-refractivity contribution >= 4 is 64.3 Å². The average Bonchev–Trinajstić information content (AvgIpc) is 3.93. The molecule has 4 heterocycles. The van der Waals surface area contributed by atoms with Crippen LogP contribution in [0.1, 0.15) is 39.0 Å². The smallest absolute Gasteiger partial charge is 0.419 e. The maximum absolute atomic E-state index is 13.6. The minimum Gasteiger partial charge on any atom is -0.489 e. The highest BCUT2D eigenvalue weighted by Crippen LogP contribution is 2.46. The second-order valence-electron chi connectivity index (χ2n) is 17.1. The van der Waals surface area contributed by atoms with Gasteiger partial charge in [-0.2, -0.15) is 4.98 Å². The van der Waals surface area contributed by atoms with E-state index in [9.17, 15) is 14.4 Å². The Balaban J connectivity index is 0.803. The molecule has 1 fully saturated rings. The van der Waals surface area contributed by atoms with E-state index in [1.807, 2.05) is 0 Å². The van der Waals surface area contributed by atoms with Gasteiger partial charge in [-0.15, -0.1) is 0 Å². The van der Waals surface area contributed by atoms with Crippen molar-refractivity contribution in [1.29, 1.82) is 0 Å². The number of para-hydroxylation sites is 1. The van der Waals surface area contributed by atoms with E-state index in [1.165, 1.54) is 54.8 Å². The van der Waals surface area contributed by atoms with Gasteiger partial charge >= 0.3 is 17.9 Å². The van der Waals surface area contributed by atoms with E-state index in [2.05, 4.69) is 109 Å². The van der Waals surface area contributed by atoms with Crippen LogP contribution in [0.2, 0.25) is 18.1 Å². The molecule has 16 heteroatoms. The van der Waals surface area contributed by atoms with E-state index < -0.39 is 44.6 Å². The number of fused-ring (bicyclic) bond motifs is 2. The van der Waals surface area contributed by atoms with Crippen LogP contribution in [-0.4, -0.2) is 78.2 Å². The van der Waals surface area contributed by atoms with E-state index in [0.29, 0.717) is 35.8 Å². The van der Waals surface area contributed by atoms with Gasteiger partial charge in [-0.3, -0.25) is 4.57 Å². The molecule has 0 saturated carbocycles. The fourth-order valence-corrected chi connectivity index (χ4v) is 9.18. The standard InChI is InChI=1S/C46H48N6O9Si/c1-46(2,3)62(4,5)61-35-24-38(60-37(35)26-58-45(55)51-21-19-47-27-51)52-25-36-42(50-43(52)53)49-41-33(10-7-11-34(41)59-36)56-23-20-48-44(54)57-22-18-28-12-13-31-15-14-29-8-6-9-30-16-17-32(28)40(31)39(29)30/h6-17,19,21,25,27,35,37-38H,18,20,22-24,26H2,1-5H3,(H,48,54)(H,49,50,53)/t35-,37-,38-/m1/s1. The molecule has 0 unspecified atom stereocenters. The van der Waals surface area contributed by atoms with Crippen molar-refractivity contribution in [2.24, 2.45) is 0 Å². The molecule has 9 rings (SSSR count). The largest absolute Gasteiger partial charge is 0.489 e. The number of hydrogen-bond acceptors (Lipinski definition) is 12. The Labute approximate surface area is 358 Å². The zero-order valence-corrected chi connectivity index (χ0v) is 36.2. The number of nitrogens with zero attached hydrogens (tertiary/aromatic N) is 4. The number of ether oxygens (including phenoxy) is 5. The molecule has 7 aromatic rings. The molecule has 2 N–H and O–H groups in total. The van der Waals surface area contributed by atoms with E-state index in [4.69, 9.17) is 28.1 Å². The first-order chi connectivity index (χ1) is 29.8. The molecule has 1 saturated heterocycles. The van der Waals surface area contributed by atoms with Crippen molar-refractivity contribution in [3.05, 3.63) is 114 Å². The number of carbonyl (C=O) groups is 2. The number of amides is 1. The molecule has 1 amide bonds. The number of rotatable bonds is 12. The Morgan fingerprint density at radius 3 is 2.47 bits per heavy atom. The zero-order valence-electron chi connectivity index (χ0n) is 35.2. The maximum Gasteiger partial charge on any atom is 0.419 e. The summed E-state index contributed by atoms with van der Waals surface area (Å²) in [6.45, 7) is 11.2. The van der Waals surface area contributed by atoms with Crippen LogP contribution in [0.5, 0.6) is 17.2 Å².